The first-order chi connectivity index (χ1) is 7.54. The molecule has 1 amide bonds. The average molecular weight is 292 g/mol. The zero-order valence-corrected chi connectivity index (χ0v) is 11.9. The van der Waals surface area contributed by atoms with Crippen molar-refractivity contribution in [2.24, 2.45) is 11.8 Å². The molecule has 1 fully saturated rings. The zero-order chi connectivity index (χ0) is 12.1. The van der Waals surface area contributed by atoms with Crippen LogP contribution in [0.4, 0.5) is 0 Å². The molecule has 1 aliphatic rings. The van der Waals surface area contributed by atoms with Crippen LogP contribution in [-0.4, -0.2) is 30.0 Å². The second kappa shape index (κ2) is 6.60. The van der Waals surface area contributed by atoms with Crippen LogP contribution in [0, 0.1) is 11.8 Å². The monoisotopic (exact) mass is 291 g/mol. The predicted molar refractivity (Wildman–Crippen MR) is 68.7 cm³/mol. The van der Waals surface area contributed by atoms with E-state index in [1.165, 1.54) is 0 Å². The van der Waals surface area contributed by atoms with Crippen molar-refractivity contribution in [3.05, 3.63) is 0 Å². The van der Waals surface area contributed by atoms with Crippen LogP contribution in [0.5, 0.6) is 0 Å². The molecule has 0 aromatic heterocycles. The van der Waals surface area contributed by atoms with E-state index in [9.17, 15) is 4.79 Å². The SMILES string of the molecule is CC(C)CC(CBr)NC(=O)C1OCCC1C. The summed E-state index contributed by atoms with van der Waals surface area (Å²) in [6.45, 7) is 7.11. The summed E-state index contributed by atoms with van der Waals surface area (Å²) in [6, 6.07) is 0.212. The number of nitrogens with one attached hydrogen (secondary N) is 1. The van der Waals surface area contributed by atoms with Gasteiger partial charge in [0.15, 0.2) is 0 Å². The van der Waals surface area contributed by atoms with E-state index in [4.69, 9.17) is 4.74 Å². The van der Waals surface area contributed by atoms with Crippen molar-refractivity contribution in [2.45, 2.75) is 45.8 Å². The summed E-state index contributed by atoms with van der Waals surface area (Å²) < 4.78 is 5.45. The molecule has 1 aliphatic heterocycles. The molecule has 1 heterocycles. The first-order valence-electron chi connectivity index (χ1n) is 6.02. The number of rotatable bonds is 5. The van der Waals surface area contributed by atoms with Crippen molar-refractivity contribution in [1.29, 1.82) is 0 Å². The maximum absolute atomic E-state index is 11.9. The van der Waals surface area contributed by atoms with E-state index in [0.29, 0.717) is 18.4 Å². The largest absolute Gasteiger partial charge is 0.368 e. The Morgan fingerprint density at radius 2 is 2.25 bits per heavy atom. The third-order valence-electron chi connectivity index (χ3n) is 2.93. The van der Waals surface area contributed by atoms with Crippen molar-refractivity contribution < 1.29 is 9.53 Å². The summed E-state index contributed by atoms with van der Waals surface area (Å²) >= 11 is 3.44. The van der Waals surface area contributed by atoms with Gasteiger partial charge >= 0.3 is 0 Å². The highest BCUT2D eigenvalue weighted by Crippen LogP contribution is 2.20. The molecule has 16 heavy (non-hydrogen) atoms. The van der Waals surface area contributed by atoms with Gasteiger partial charge in [0.25, 0.3) is 0 Å². The van der Waals surface area contributed by atoms with Crippen LogP contribution in [0.15, 0.2) is 0 Å². The Kier molecular flexibility index (Phi) is 5.76. The lowest BCUT2D eigenvalue weighted by molar-refractivity contribution is -0.132. The van der Waals surface area contributed by atoms with Crippen molar-refractivity contribution in [3.63, 3.8) is 0 Å². The lowest BCUT2D eigenvalue weighted by Gasteiger charge is -2.21. The van der Waals surface area contributed by atoms with Gasteiger partial charge in [-0.3, -0.25) is 4.79 Å². The van der Waals surface area contributed by atoms with E-state index < -0.39 is 0 Å². The minimum absolute atomic E-state index is 0.0510. The van der Waals surface area contributed by atoms with Crippen LogP contribution in [-0.2, 0) is 9.53 Å². The third kappa shape index (κ3) is 4.06. The number of hydrogen-bond acceptors (Lipinski definition) is 2. The highest BCUT2D eigenvalue weighted by Gasteiger charge is 2.31. The highest BCUT2D eigenvalue weighted by atomic mass is 79.9. The number of carbonyl (C=O) groups excluding carboxylic acids is 1. The fourth-order valence-electron chi connectivity index (χ4n) is 2.04. The first-order valence-corrected chi connectivity index (χ1v) is 7.14. The van der Waals surface area contributed by atoms with Crippen molar-refractivity contribution in [3.8, 4) is 0 Å². The molecular formula is C12H22BrNO2. The minimum atomic E-state index is -0.242. The second-order valence-corrected chi connectivity index (χ2v) is 5.69. The summed E-state index contributed by atoms with van der Waals surface area (Å²) in [5.74, 6) is 0.981. The van der Waals surface area contributed by atoms with Gasteiger partial charge in [-0.25, -0.2) is 0 Å². The molecule has 0 aromatic rings. The van der Waals surface area contributed by atoms with Gasteiger partial charge in [-0.05, 0) is 24.7 Å². The van der Waals surface area contributed by atoms with Crippen molar-refractivity contribution in [1.82, 2.24) is 5.32 Å². The maximum Gasteiger partial charge on any atom is 0.249 e. The standard InChI is InChI=1S/C12H22BrNO2/c1-8(2)6-10(7-13)14-12(15)11-9(3)4-5-16-11/h8-11H,4-7H2,1-3H3,(H,14,15). The van der Waals surface area contributed by atoms with Gasteiger partial charge in [0.2, 0.25) is 5.91 Å². The third-order valence-corrected chi connectivity index (χ3v) is 3.72. The second-order valence-electron chi connectivity index (χ2n) is 5.05. The van der Waals surface area contributed by atoms with Gasteiger partial charge in [0, 0.05) is 18.0 Å². The molecular weight excluding hydrogens is 270 g/mol. The van der Waals surface area contributed by atoms with Crippen LogP contribution in [0.2, 0.25) is 0 Å². The Morgan fingerprint density at radius 1 is 1.56 bits per heavy atom. The molecule has 3 atom stereocenters. The Morgan fingerprint density at radius 3 is 2.69 bits per heavy atom. The van der Waals surface area contributed by atoms with Crippen LogP contribution < -0.4 is 5.32 Å². The molecule has 4 heteroatoms. The lowest BCUT2D eigenvalue weighted by atomic mass is 10.0. The molecule has 0 radical (unpaired) electrons. The smallest absolute Gasteiger partial charge is 0.249 e. The number of amides is 1. The van der Waals surface area contributed by atoms with Gasteiger partial charge in [0.1, 0.15) is 6.10 Å². The number of carbonyl (C=O) groups is 1. The number of alkyl halides is 1. The summed E-state index contributed by atoms with van der Waals surface area (Å²) in [6.07, 6.45) is 1.74. The summed E-state index contributed by atoms with van der Waals surface area (Å²) in [5, 5.41) is 3.86. The first kappa shape index (κ1) is 14.0. The summed E-state index contributed by atoms with van der Waals surface area (Å²) in [4.78, 5) is 11.9. The Labute approximate surface area is 106 Å². The average Bonchev–Trinajstić information content (AvgIpc) is 2.62. The minimum Gasteiger partial charge on any atom is -0.368 e. The maximum atomic E-state index is 11.9. The van der Waals surface area contributed by atoms with Crippen LogP contribution >= 0.6 is 15.9 Å². The van der Waals surface area contributed by atoms with E-state index >= 15 is 0 Å². The molecule has 0 aromatic carbocycles. The van der Waals surface area contributed by atoms with Crippen LogP contribution in [0.1, 0.15) is 33.6 Å². The number of halogens is 1. The van der Waals surface area contributed by atoms with Gasteiger partial charge in [-0.1, -0.05) is 36.7 Å². The summed E-state index contributed by atoms with van der Waals surface area (Å²) in [7, 11) is 0. The van der Waals surface area contributed by atoms with Gasteiger partial charge < -0.3 is 10.1 Å². The van der Waals surface area contributed by atoms with Crippen LogP contribution in [0.25, 0.3) is 0 Å². The molecule has 0 saturated carbocycles. The van der Waals surface area contributed by atoms with E-state index in [1.807, 2.05) is 0 Å². The fourth-order valence-corrected chi connectivity index (χ4v) is 2.47. The van der Waals surface area contributed by atoms with E-state index in [0.717, 1.165) is 18.2 Å². The molecule has 3 unspecified atom stereocenters. The van der Waals surface area contributed by atoms with Crippen LogP contribution in [0.3, 0.4) is 0 Å². The molecule has 1 rings (SSSR count). The van der Waals surface area contributed by atoms with Crippen molar-refractivity contribution in [2.75, 3.05) is 11.9 Å². The molecule has 1 N–H and O–H groups in total. The van der Waals surface area contributed by atoms with Gasteiger partial charge in [-0.15, -0.1) is 0 Å². The quantitative estimate of drug-likeness (QED) is 0.790. The molecule has 94 valence electrons. The topological polar surface area (TPSA) is 38.3 Å². The Hall–Kier alpha value is -0.0900. The van der Waals surface area contributed by atoms with Gasteiger partial charge in [-0.2, -0.15) is 0 Å². The normalized spacial score (nSPS) is 27.1. The zero-order valence-electron chi connectivity index (χ0n) is 10.3. The molecule has 0 bridgehead atoms. The molecule has 1 saturated heterocycles. The van der Waals surface area contributed by atoms with E-state index in [2.05, 4.69) is 42.0 Å². The molecule has 3 nitrogen and oxygen atoms in total. The van der Waals surface area contributed by atoms with Gasteiger partial charge in [0.05, 0.1) is 0 Å². The Balaban J connectivity index is 2.42. The molecule has 0 aliphatic carbocycles. The summed E-state index contributed by atoms with van der Waals surface area (Å²) in [5.41, 5.74) is 0. The lowest BCUT2D eigenvalue weighted by Crippen LogP contribution is -2.44. The van der Waals surface area contributed by atoms with Crippen molar-refractivity contribution >= 4 is 21.8 Å². The number of ether oxygens (including phenoxy) is 1. The highest BCUT2D eigenvalue weighted by molar-refractivity contribution is 9.09. The predicted octanol–water partition coefficient (Wildman–Crippen LogP) is 2.34. The molecule has 0 spiro atoms. The number of hydrogen-bond donors (Lipinski definition) is 1. The van der Waals surface area contributed by atoms with E-state index in [1.54, 1.807) is 0 Å². The van der Waals surface area contributed by atoms with E-state index in [-0.39, 0.29) is 18.1 Å². The fraction of sp³-hybridized carbons (Fsp3) is 0.917. The Bertz CT molecular complexity index is 233.